The van der Waals surface area contributed by atoms with E-state index in [0.717, 1.165) is 10.5 Å². The highest BCUT2D eigenvalue weighted by Gasteiger charge is 2.59. The molecule has 2 aliphatic rings. The molecule has 0 amide bonds. The molecule has 6 atom stereocenters. The van der Waals surface area contributed by atoms with Gasteiger partial charge in [0.25, 0.3) is 0 Å². The van der Waals surface area contributed by atoms with Crippen molar-refractivity contribution in [1.82, 2.24) is 0 Å². The summed E-state index contributed by atoms with van der Waals surface area (Å²) in [6, 6.07) is 7.82. The maximum atomic E-state index is 11.8. The summed E-state index contributed by atoms with van der Waals surface area (Å²) in [4.78, 5) is 35.7. The molecule has 0 saturated carbocycles. The van der Waals surface area contributed by atoms with Crippen LogP contribution in [0.5, 0.6) is 0 Å². The Hall–Kier alpha value is -2.14. The van der Waals surface area contributed by atoms with Crippen molar-refractivity contribution >= 4 is 29.7 Å². The van der Waals surface area contributed by atoms with Gasteiger partial charge < -0.3 is 28.4 Å². The van der Waals surface area contributed by atoms with Crippen molar-refractivity contribution in [2.45, 2.75) is 75.3 Å². The van der Waals surface area contributed by atoms with E-state index in [1.54, 1.807) is 6.92 Å². The summed E-state index contributed by atoms with van der Waals surface area (Å²) in [5, 5.41) is -1.15. The minimum atomic E-state index is -1.15. The van der Waals surface area contributed by atoms with Gasteiger partial charge in [0.15, 0.2) is 24.6 Å². The molecule has 31 heavy (non-hydrogen) atoms. The molecule has 9 nitrogen and oxygen atoms in total. The minimum absolute atomic E-state index is 0.209. The third-order valence-corrected chi connectivity index (χ3v) is 5.72. The summed E-state index contributed by atoms with van der Waals surface area (Å²) < 4.78 is 34.0. The molecule has 1 aromatic carbocycles. The van der Waals surface area contributed by atoms with Gasteiger partial charge in [-0.1, -0.05) is 29.5 Å². The predicted molar refractivity (Wildman–Crippen MR) is 108 cm³/mol. The number of aryl methyl sites for hydroxylation is 1. The number of esters is 3. The number of fused-ring (bicyclic) bond motifs is 1. The Bertz CT molecular complexity index is 827. The SMILES string of the molecule is CC(=O)OC[C@H]1O[C@@H]2OC(C)(Sc3ccc(C)cc3)O[C@@H]2[C@@H](OC(C)=O)[C@@H]1OC(C)=O. The molecule has 1 aromatic rings. The zero-order chi connectivity index (χ0) is 22.8. The van der Waals surface area contributed by atoms with Gasteiger partial charge in [0.05, 0.1) is 0 Å². The number of hydrogen-bond donors (Lipinski definition) is 0. The summed E-state index contributed by atoms with van der Waals surface area (Å²) in [6.07, 6.45) is -4.75. The summed E-state index contributed by atoms with van der Waals surface area (Å²) in [5.74, 6) is -1.72. The van der Waals surface area contributed by atoms with Gasteiger partial charge in [-0.2, -0.15) is 0 Å². The summed E-state index contributed by atoms with van der Waals surface area (Å²) >= 11 is 1.33. The Morgan fingerprint density at radius 3 is 2.16 bits per heavy atom. The van der Waals surface area contributed by atoms with E-state index in [0.29, 0.717) is 0 Å². The number of rotatable bonds is 6. The Balaban J connectivity index is 1.85. The Morgan fingerprint density at radius 1 is 0.968 bits per heavy atom. The molecule has 1 unspecified atom stereocenters. The molecule has 3 rings (SSSR count). The lowest BCUT2D eigenvalue weighted by Gasteiger charge is -2.40. The quantitative estimate of drug-likeness (QED) is 0.469. The van der Waals surface area contributed by atoms with Gasteiger partial charge in [-0.15, -0.1) is 0 Å². The molecule has 0 bridgehead atoms. The number of carbonyl (C=O) groups is 3. The molecule has 170 valence electrons. The highest BCUT2D eigenvalue weighted by molar-refractivity contribution is 8.00. The van der Waals surface area contributed by atoms with E-state index in [1.807, 2.05) is 31.2 Å². The molecule has 0 radical (unpaired) electrons. The molecular weight excluding hydrogens is 428 g/mol. The van der Waals surface area contributed by atoms with Crippen LogP contribution in [0.1, 0.15) is 33.3 Å². The van der Waals surface area contributed by atoms with Crippen molar-refractivity contribution in [3.63, 3.8) is 0 Å². The topological polar surface area (TPSA) is 107 Å². The monoisotopic (exact) mass is 454 g/mol. The van der Waals surface area contributed by atoms with Crippen molar-refractivity contribution in [2.24, 2.45) is 0 Å². The molecule has 0 aromatic heterocycles. The lowest BCUT2D eigenvalue weighted by Crippen LogP contribution is -2.60. The average molecular weight is 454 g/mol. The Kier molecular flexibility index (Phi) is 7.25. The van der Waals surface area contributed by atoms with E-state index in [4.69, 9.17) is 28.4 Å². The van der Waals surface area contributed by atoms with E-state index < -0.39 is 53.7 Å². The van der Waals surface area contributed by atoms with Crippen molar-refractivity contribution in [3.05, 3.63) is 29.8 Å². The zero-order valence-corrected chi connectivity index (χ0v) is 18.8. The van der Waals surface area contributed by atoms with Crippen LogP contribution < -0.4 is 0 Å². The van der Waals surface area contributed by atoms with Crippen LogP contribution in [0.3, 0.4) is 0 Å². The third kappa shape index (κ3) is 5.97. The fourth-order valence-electron chi connectivity index (χ4n) is 3.45. The fourth-order valence-corrected chi connectivity index (χ4v) is 4.45. The van der Waals surface area contributed by atoms with Crippen LogP contribution in [0.4, 0.5) is 0 Å². The predicted octanol–water partition coefficient (Wildman–Crippen LogP) is 2.33. The first-order valence-electron chi connectivity index (χ1n) is 9.81. The molecule has 0 spiro atoms. The number of benzene rings is 1. The molecule has 2 aliphatic heterocycles. The second-order valence-electron chi connectivity index (χ2n) is 7.47. The summed E-state index contributed by atoms with van der Waals surface area (Å²) in [5.41, 5.74) is 1.12. The first kappa shape index (κ1) is 23.5. The van der Waals surface area contributed by atoms with E-state index in [9.17, 15) is 14.4 Å². The number of thioether (sulfide) groups is 1. The molecule has 2 saturated heterocycles. The minimum Gasteiger partial charge on any atom is -0.463 e. The zero-order valence-electron chi connectivity index (χ0n) is 18.0. The lowest BCUT2D eigenvalue weighted by atomic mass is 9.98. The van der Waals surface area contributed by atoms with Gasteiger partial charge in [0.2, 0.25) is 5.12 Å². The second-order valence-corrected chi connectivity index (χ2v) is 8.89. The normalized spacial score (nSPS) is 32.1. The first-order valence-corrected chi connectivity index (χ1v) is 10.6. The smallest absolute Gasteiger partial charge is 0.303 e. The van der Waals surface area contributed by atoms with Gasteiger partial charge in [-0.05, 0) is 19.1 Å². The highest BCUT2D eigenvalue weighted by Crippen LogP contribution is 2.46. The van der Waals surface area contributed by atoms with Crippen molar-refractivity contribution in [2.75, 3.05) is 6.61 Å². The molecule has 10 heteroatoms. The van der Waals surface area contributed by atoms with Crippen LogP contribution in [0, 0.1) is 6.92 Å². The van der Waals surface area contributed by atoms with Gasteiger partial charge in [0, 0.05) is 32.6 Å². The van der Waals surface area contributed by atoms with Crippen LogP contribution in [-0.4, -0.2) is 60.3 Å². The average Bonchev–Trinajstić information content (AvgIpc) is 2.99. The van der Waals surface area contributed by atoms with Gasteiger partial charge in [-0.3, -0.25) is 14.4 Å². The van der Waals surface area contributed by atoms with Gasteiger partial charge >= 0.3 is 17.9 Å². The number of ether oxygens (including phenoxy) is 6. The molecule has 0 N–H and O–H groups in total. The van der Waals surface area contributed by atoms with Crippen molar-refractivity contribution in [1.29, 1.82) is 0 Å². The van der Waals surface area contributed by atoms with Crippen LogP contribution in [-0.2, 0) is 42.8 Å². The fraction of sp³-hybridized carbons (Fsp3) is 0.571. The molecular formula is C21H26O9S. The molecule has 2 fully saturated rings. The Labute approximate surface area is 184 Å². The summed E-state index contributed by atoms with van der Waals surface area (Å²) in [7, 11) is 0. The standard InChI is InChI=1S/C21H26O9S/c1-11-6-8-15(9-7-11)31-21(5)29-19-18(27-14(4)24)17(26-13(3)23)16(10-25-12(2)22)28-20(19)30-21/h6-9,16-20H,10H2,1-5H3/t16-,17-,18+,19-,20-,21?/m1/s1. The molecule has 0 aliphatic carbocycles. The van der Waals surface area contributed by atoms with Crippen molar-refractivity contribution in [3.8, 4) is 0 Å². The Morgan fingerprint density at radius 2 is 1.58 bits per heavy atom. The maximum Gasteiger partial charge on any atom is 0.303 e. The van der Waals surface area contributed by atoms with Crippen LogP contribution >= 0.6 is 11.8 Å². The van der Waals surface area contributed by atoms with Crippen LogP contribution in [0.2, 0.25) is 0 Å². The second kappa shape index (κ2) is 9.56. The van der Waals surface area contributed by atoms with E-state index >= 15 is 0 Å². The lowest BCUT2D eigenvalue weighted by molar-refractivity contribution is -0.264. The van der Waals surface area contributed by atoms with Gasteiger partial charge in [0.1, 0.15) is 12.7 Å². The largest absolute Gasteiger partial charge is 0.463 e. The van der Waals surface area contributed by atoms with Crippen LogP contribution in [0.15, 0.2) is 29.2 Å². The van der Waals surface area contributed by atoms with E-state index in [-0.39, 0.29) is 6.61 Å². The van der Waals surface area contributed by atoms with Crippen molar-refractivity contribution < 1.29 is 42.8 Å². The van der Waals surface area contributed by atoms with E-state index in [1.165, 1.54) is 32.5 Å². The summed E-state index contributed by atoms with van der Waals surface area (Å²) in [6.45, 7) is 7.23. The highest BCUT2D eigenvalue weighted by atomic mass is 32.2. The van der Waals surface area contributed by atoms with E-state index in [2.05, 4.69) is 0 Å². The maximum absolute atomic E-state index is 11.8. The van der Waals surface area contributed by atoms with Crippen LogP contribution in [0.25, 0.3) is 0 Å². The first-order chi connectivity index (χ1) is 14.6. The number of carbonyl (C=O) groups excluding carboxylic acids is 3. The van der Waals surface area contributed by atoms with Gasteiger partial charge in [-0.25, -0.2) is 0 Å². The number of hydrogen-bond acceptors (Lipinski definition) is 10. The molecule has 2 heterocycles. The third-order valence-electron chi connectivity index (χ3n) is 4.65.